The van der Waals surface area contributed by atoms with E-state index in [-0.39, 0.29) is 24.1 Å². The standard InChI is InChI=1S/C29H22ClN5O4/c30-21-10-4-2-8-18(21)16-35-27(38)29(26(37)32-28(35)39)15-20-24(31-22-11-5-6-13-33(22)25(20)36)34-14-12-17-7-1-3-9-19(17)23(29)34/h1-11,13,23H,12,14-16H2,(H,32,37,39)/t23-,29-/m0/s1. The van der Waals surface area contributed by atoms with Gasteiger partial charge in [0.1, 0.15) is 11.5 Å². The Morgan fingerprint density at radius 1 is 0.974 bits per heavy atom. The van der Waals surface area contributed by atoms with Gasteiger partial charge in [0.15, 0.2) is 5.41 Å². The predicted molar refractivity (Wildman–Crippen MR) is 143 cm³/mol. The Balaban J connectivity index is 1.47. The third-order valence-electron chi connectivity index (χ3n) is 8.07. The van der Waals surface area contributed by atoms with E-state index in [1.807, 2.05) is 29.2 Å². The summed E-state index contributed by atoms with van der Waals surface area (Å²) in [5.74, 6) is -0.916. The van der Waals surface area contributed by atoms with Crippen LogP contribution in [0, 0.1) is 5.41 Å². The molecule has 4 amide bonds. The van der Waals surface area contributed by atoms with Gasteiger partial charge in [-0.1, -0.05) is 60.1 Å². The molecule has 1 spiro atoms. The van der Waals surface area contributed by atoms with Crippen molar-refractivity contribution in [3.05, 3.63) is 111 Å². The van der Waals surface area contributed by atoms with Crippen LogP contribution in [0.3, 0.4) is 0 Å². The van der Waals surface area contributed by atoms with E-state index in [1.165, 1.54) is 4.40 Å². The number of carbonyl (C=O) groups is 3. The van der Waals surface area contributed by atoms with Crippen LogP contribution in [0.5, 0.6) is 0 Å². The van der Waals surface area contributed by atoms with Crippen molar-refractivity contribution < 1.29 is 14.4 Å². The lowest BCUT2D eigenvalue weighted by Gasteiger charge is -2.53. The molecule has 1 N–H and O–H groups in total. The van der Waals surface area contributed by atoms with Crippen molar-refractivity contribution in [1.29, 1.82) is 0 Å². The molecule has 0 saturated carbocycles. The van der Waals surface area contributed by atoms with Gasteiger partial charge < -0.3 is 4.90 Å². The van der Waals surface area contributed by atoms with Crippen LogP contribution in [0.4, 0.5) is 10.6 Å². The number of carbonyl (C=O) groups excluding carboxylic acids is 3. The summed E-state index contributed by atoms with van der Waals surface area (Å²) in [7, 11) is 0. The van der Waals surface area contributed by atoms with E-state index in [4.69, 9.17) is 16.6 Å². The molecular weight excluding hydrogens is 518 g/mol. The van der Waals surface area contributed by atoms with E-state index in [1.54, 1.807) is 48.7 Å². The number of urea groups is 1. The van der Waals surface area contributed by atoms with E-state index < -0.39 is 29.3 Å². The maximum Gasteiger partial charge on any atom is 0.331 e. The molecule has 1 fully saturated rings. The summed E-state index contributed by atoms with van der Waals surface area (Å²) in [5.41, 5.74) is 1.01. The Bertz CT molecular complexity index is 1790. The first kappa shape index (κ1) is 23.6. The molecule has 0 unspecified atom stereocenters. The summed E-state index contributed by atoms with van der Waals surface area (Å²) in [5, 5.41) is 2.84. The number of nitrogens with zero attached hydrogens (tertiary/aromatic N) is 4. The number of fused-ring (bicyclic) bond motifs is 7. The lowest BCUT2D eigenvalue weighted by Crippen LogP contribution is -2.70. The van der Waals surface area contributed by atoms with Crippen molar-refractivity contribution in [3.63, 3.8) is 0 Å². The minimum atomic E-state index is -1.78. The summed E-state index contributed by atoms with van der Waals surface area (Å²) in [6.45, 7) is 0.334. The molecule has 194 valence electrons. The predicted octanol–water partition coefficient (Wildman–Crippen LogP) is 3.27. The van der Waals surface area contributed by atoms with Gasteiger partial charge >= 0.3 is 6.03 Å². The molecule has 5 heterocycles. The zero-order valence-electron chi connectivity index (χ0n) is 20.6. The normalized spacial score (nSPS) is 22.0. The van der Waals surface area contributed by atoms with Gasteiger partial charge in [0.05, 0.1) is 18.2 Å². The molecule has 3 aliphatic heterocycles. The molecule has 0 aliphatic carbocycles. The van der Waals surface area contributed by atoms with Crippen molar-refractivity contribution in [2.45, 2.75) is 25.4 Å². The lowest BCUT2D eigenvalue weighted by molar-refractivity contribution is -0.154. The number of hydrogen-bond donors (Lipinski definition) is 1. The molecule has 7 rings (SSSR count). The number of imide groups is 2. The average Bonchev–Trinajstić information content (AvgIpc) is 2.95. The zero-order chi connectivity index (χ0) is 26.9. The lowest BCUT2D eigenvalue weighted by atomic mass is 9.65. The number of amides is 4. The molecule has 1 saturated heterocycles. The number of nitrogens with one attached hydrogen (secondary N) is 1. The second kappa shape index (κ2) is 8.51. The SMILES string of the molecule is O=C1NC(=O)[C@@]2(Cc3c(nc4ccccn4c3=O)N3CCc4ccccc4[C@H]32)C(=O)N1Cc1ccccc1Cl. The maximum atomic E-state index is 14.5. The van der Waals surface area contributed by atoms with Crippen LogP contribution in [-0.2, 0) is 29.0 Å². The molecule has 9 nitrogen and oxygen atoms in total. The van der Waals surface area contributed by atoms with E-state index in [9.17, 15) is 19.2 Å². The first-order valence-electron chi connectivity index (χ1n) is 12.7. The summed E-state index contributed by atoms with van der Waals surface area (Å²) in [4.78, 5) is 63.1. The molecule has 0 bridgehead atoms. The van der Waals surface area contributed by atoms with E-state index in [2.05, 4.69) is 5.32 Å². The van der Waals surface area contributed by atoms with Crippen molar-refractivity contribution in [2.75, 3.05) is 11.4 Å². The number of halogens is 1. The number of hydrogen-bond acceptors (Lipinski definition) is 6. The molecule has 0 radical (unpaired) electrons. The van der Waals surface area contributed by atoms with Crippen LogP contribution in [-0.4, -0.2) is 38.7 Å². The fourth-order valence-electron chi connectivity index (χ4n) is 6.25. The van der Waals surface area contributed by atoms with Crippen LogP contribution in [0.25, 0.3) is 5.65 Å². The number of aromatic nitrogens is 2. The maximum absolute atomic E-state index is 14.5. The first-order chi connectivity index (χ1) is 18.9. The second-order valence-corrected chi connectivity index (χ2v) is 10.5. The second-order valence-electron chi connectivity index (χ2n) is 10.1. The molecule has 10 heteroatoms. The number of anilines is 1. The van der Waals surface area contributed by atoms with E-state index in [0.29, 0.717) is 35.0 Å². The number of barbiturate groups is 1. The van der Waals surface area contributed by atoms with Crippen LogP contribution < -0.4 is 15.8 Å². The molecular formula is C29H22ClN5O4. The van der Waals surface area contributed by atoms with Gasteiger partial charge in [-0.3, -0.25) is 29.0 Å². The van der Waals surface area contributed by atoms with Gasteiger partial charge in [0, 0.05) is 24.2 Å². The topological polar surface area (TPSA) is 104 Å². The molecule has 2 atom stereocenters. The van der Waals surface area contributed by atoms with Gasteiger partial charge in [-0.25, -0.2) is 9.78 Å². The average molecular weight is 540 g/mol. The minimum Gasteiger partial charge on any atom is -0.347 e. The monoisotopic (exact) mass is 539 g/mol. The summed E-state index contributed by atoms with van der Waals surface area (Å²) >= 11 is 6.37. The Morgan fingerprint density at radius 3 is 2.59 bits per heavy atom. The number of benzene rings is 2. The summed E-state index contributed by atoms with van der Waals surface area (Å²) < 4.78 is 1.42. The van der Waals surface area contributed by atoms with E-state index in [0.717, 1.165) is 16.0 Å². The Morgan fingerprint density at radius 2 is 1.74 bits per heavy atom. The van der Waals surface area contributed by atoms with Gasteiger partial charge in [-0.05, 0) is 41.3 Å². The molecule has 4 aromatic rings. The van der Waals surface area contributed by atoms with Crippen LogP contribution in [0.15, 0.2) is 77.7 Å². The smallest absolute Gasteiger partial charge is 0.331 e. The molecule has 2 aromatic heterocycles. The first-order valence-corrected chi connectivity index (χ1v) is 13.0. The van der Waals surface area contributed by atoms with E-state index >= 15 is 0 Å². The van der Waals surface area contributed by atoms with Crippen LogP contribution in [0.2, 0.25) is 5.02 Å². The Hall–Kier alpha value is -4.50. The van der Waals surface area contributed by atoms with Gasteiger partial charge in [0.2, 0.25) is 11.8 Å². The highest BCUT2D eigenvalue weighted by Gasteiger charge is 2.64. The molecule has 2 aromatic carbocycles. The minimum absolute atomic E-state index is 0.116. The Labute approximate surface area is 227 Å². The van der Waals surface area contributed by atoms with Crippen molar-refractivity contribution in [1.82, 2.24) is 19.6 Å². The quantitative estimate of drug-likeness (QED) is 0.392. The number of pyridine rings is 1. The van der Waals surface area contributed by atoms with Gasteiger partial charge in [-0.15, -0.1) is 0 Å². The third-order valence-corrected chi connectivity index (χ3v) is 8.44. The molecule has 39 heavy (non-hydrogen) atoms. The Kier molecular flexibility index (Phi) is 5.15. The van der Waals surface area contributed by atoms with Crippen LogP contribution >= 0.6 is 11.6 Å². The highest BCUT2D eigenvalue weighted by molar-refractivity contribution is 6.31. The summed E-state index contributed by atoms with van der Waals surface area (Å²) in [6.07, 6.45) is 2.07. The fraction of sp³-hybridized carbons (Fsp3) is 0.207. The largest absolute Gasteiger partial charge is 0.347 e. The van der Waals surface area contributed by atoms with Crippen molar-refractivity contribution >= 4 is 40.9 Å². The number of rotatable bonds is 2. The van der Waals surface area contributed by atoms with Crippen molar-refractivity contribution in [2.24, 2.45) is 5.41 Å². The fourth-order valence-corrected chi connectivity index (χ4v) is 6.45. The third kappa shape index (κ3) is 3.29. The summed E-state index contributed by atoms with van der Waals surface area (Å²) in [6, 6.07) is 18.3. The highest BCUT2D eigenvalue weighted by Crippen LogP contribution is 2.52. The highest BCUT2D eigenvalue weighted by atomic mass is 35.5. The van der Waals surface area contributed by atoms with Gasteiger partial charge in [0.25, 0.3) is 5.56 Å². The van der Waals surface area contributed by atoms with Crippen molar-refractivity contribution in [3.8, 4) is 0 Å². The molecule has 3 aliphatic rings. The zero-order valence-corrected chi connectivity index (χ0v) is 21.4. The van der Waals surface area contributed by atoms with Crippen LogP contribution in [0.1, 0.15) is 28.3 Å². The van der Waals surface area contributed by atoms with Gasteiger partial charge in [-0.2, -0.15) is 0 Å².